The quantitative estimate of drug-likeness (QED) is 0.606. The van der Waals surface area contributed by atoms with Gasteiger partial charge in [0.15, 0.2) is 0 Å². The smallest absolute Gasteiger partial charge is 0.0209 e. The second-order valence-electron chi connectivity index (χ2n) is 3.54. The second kappa shape index (κ2) is 4.41. The fraction of sp³-hybridized carbons (Fsp3) is 0.700. The van der Waals surface area contributed by atoms with Crippen LogP contribution in [0.2, 0.25) is 0 Å². The highest BCUT2D eigenvalue weighted by atomic mass is 14.6. The Kier molecular flexibility index (Phi) is 3.48. The summed E-state index contributed by atoms with van der Waals surface area (Å²) in [6.07, 6.45) is 8.11. The van der Waals surface area contributed by atoms with E-state index >= 15 is 0 Å². The van der Waals surface area contributed by atoms with E-state index in [2.05, 4.69) is 6.08 Å². The summed E-state index contributed by atoms with van der Waals surface area (Å²) >= 11 is 0. The zero-order valence-electron chi connectivity index (χ0n) is 7.72. The zero-order chi connectivity index (χ0) is 8.97. The van der Waals surface area contributed by atoms with Gasteiger partial charge in [-0.15, -0.1) is 0 Å². The van der Waals surface area contributed by atoms with Crippen molar-refractivity contribution >= 4 is 6.21 Å². The predicted molar refractivity (Wildman–Crippen MR) is 52.5 cm³/mol. The Labute approximate surface area is 74.4 Å². The van der Waals surface area contributed by atoms with Crippen LogP contribution in [-0.2, 0) is 0 Å². The Bertz CT molecular complexity index is 176. The van der Waals surface area contributed by atoms with Crippen LogP contribution in [0.4, 0.5) is 0 Å². The van der Waals surface area contributed by atoms with E-state index < -0.39 is 0 Å². The molecule has 0 aromatic carbocycles. The highest BCUT2D eigenvalue weighted by molar-refractivity contribution is 5.76. The van der Waals surface area contributed by atoms with Crippen LogP contribution >= 0.6 is 0 Å². The van der Waals surface area contributed by atoms with Crippen LogP contribution in [0.1, 0.15) is 32.6 Å². The van der Waals surface area contributed by atoms with Crippen LogP contribution < -0.4 is 5.73 Å². The van der Waals surface area contributed by atoms with Crippen LogP contribution in [0.25, 0.3) is 0 Å². The maximum absolute atomic E-state index is 7.22. The van der Waals surface area contributed by atoms with Gasteiger partial charge in [-0.2, -0.15) is 0 Å². The molecule has 0 atom stereocenters. The van der Waals surface area contributed by atoms with Gasteiger partial charge in [0, 0.05) is 12.3 Å². The summed E-state index contributed by atoms with van der Waals surface area (Å²) in [6.45, 7) is 2.01. The highest BCUT2D eigenvalue weighted by Crippen LogP contribution is 2.28. The number of hydrogen-bond donors (Lipinski definition) is 2. The van der Waals surface area contributed by atoms with Gasteiger partial charge in [-0.3, -0.25) is 0 Å². The van der Waals surface area contributed by atoms with Gasteiger partial charge in [-0.1, -0.05) is 6.08 Å². The maximum Gasteiger partial charge on any atom is 0.0209 e. The fourth-order valence-corrected chi connectivity index (χ4v) is 1.89. The van der Waals surface area contributed by atoms with E-state index in [1.54, 1.807) is 0 Å². The minimum absolute atomic E-state index is 0.407. The Morgan fingerprint density at radius 1 is 1.33 bits per heavy atom. The number of nitrogens with two attached hydrogens (primary N) is 1. The molecule has 12 heavy (non-hydrogen) atoms. The summed E-state index contributed by atoms with van der Waals surface area (Å²) in [6, 6.07) is 0.407. The van der Waals surface area contributed by atoms with Crippen molar-refractivity contribution in [3.05, 3.63) is 11.6 Å². The van der Waals surface area contributed by atoms with Crippen LogP contribution in [0, 0.1) is 11.3 Å². The van der Waals surface area contributed by atoms with Crippen molar-refractivity contribution in [3.63, 3.8) is 0 Å². The monoisotopic (exact) mass is 166 g/mol. The Morgan fingerprint density at radius 2 is 1.92 bits per heavy atom. The van der Waals surface area contributed by atoms with E-state index in [0.717, 1.165) is 25.7 Å². The summed E-state index contributed by atoms with van der Waals surface area (Å²) < 4.78 is 0. The molecular weight excluding hydrogens is 148 g/mol. The molecule has 0 aliphatic heterocycles. The molecule has 0 aromatic heterocycles. The molecule has 0 unspecified atom stereocenters. The van der Waals surface area contributed by atoms with Crippen LogP contribution in [0.5, 0.6) is 0 Å². The number of rotatable bonds is 2. The molecule has 0 spiro atoms. The van der Waals surface area contributed by atoms with Crippen molar-refractivity contribution in [2.75, 3.05) is 0 Å². The van der Waals surface area contributed by atoms with Gasteiger partial charge in [-0.25, -0.2) is 0 Å². The zero-order valence-corrected chi connectivity index (χ0v) is 7.72. The lowest BCUT2D eigenvalue weighted by Gasteiger charge is -2.26. The van der Waals surface area contributed by atoms with E-state index in [1.807, 2.05) is 6.92 Å². The normalized spacial score (nSPS) is 31.7. The van der Waals surface area contributed by atoms with E-state index in [9.17, 15) is 0 Å². The summed E-state index contributed by atoms with van der Waals surface area (Å²) in [5.74, 6) is 0.604. The summed E-state index contributed by atoms with van der Waals surface area (Å²) in [4.78, 5) is 0. The average molecular weight is 166 g/mol. The van der Waals surface area contributed by atoms with E-state index in [1.165, 1.54) is 11.8 Å². The number of hydrogen-bond acceptors (Lipinski definition) is 2. The lowest BCUT2D eigenvalue weighted by molar-refractivity contribution is 0.369. The Hall–Kier alpha value is -0.630. The molecule has 0 aromatic rings. The van der Waals surface area contributed by atoms with Gasteiger partial charge < -0.3 is 11.1 Å². The molecule has 1 aliphatic rings. The van der Waals surface area contributed by atoms with Crippen molar-refractivity contribution in [2.24, 2.45) is 11.7 Å². The molecule has 1 rings (SSSR count). The van der Waals surface area contributed by atoms with Crippen molar-refractivity contribution in [1.82, 2.24) is 0 Å². The summed E-state index contributed by atoms with van der Waals surface area (Å²) in [7, 11) is 0. The molecule has 0 amide bonds. The fourth-order valence-electron chi connectivity index (χ4n) is 1.89. The first-order valence-electron chi connectivity index (χ1n) is 4.70. The van der Waals surface area contributed by atoms with Gasteiger partial charge in [0.2, 0.25) is 0 Å². The molecule has 68 valence electrons. The highest BCUT2D eigenvalue weighted by Gasteiger charge is 2.19. The maximum atomic E-state index is 7.22. The molecule has 1 saturated carbocycles. The Morgan fingerprint density at radius 3 is 2.33 bits per heavy atom. The third-order valence-corrected chi connectivity index (χ3v) is 2.74. The Balaban J connectivity index is 2.48. The minimum atomic E-state index is 0.407. The van der Waals surface area contributed by atoms with Gasteiger partial charge in [0.05, 0.1) is 0 Å². The standard InChI is InChI=1S/C10H18N2/c1-2-8(7-11)9-3-5-10(12)6-4-9/h2,7,9-11H,3-6,12H2,1H3/b8-2+,11-7?. The largest absolute Gasteiger partial charge is 0.328 e. The van der Waals surface area contributed by atoms with E-state index in [-0.39, 0.29) is 0 Å². The van der Waals surface area contributed by atoms with E-state index in [0.29, 0.717) is 12.0 Å². The summed E-state index contributed by atoms with van der Waals surface area (Å²) in [5, 5.41) is 7.22. The third-order valence-electron chi connectivity index (χ3n) is 2.74. The van der Waals surface area contributed by atoms with Crippen molar-refractivity contribution in [3.8, 4) is 0 Å². The first kappa shape index (κ1) is 9.46. The molecule has 0 bridgehead atoms. The molecule has 0 radical (unpaired) electrons. The molecule has 1 aliphatic carbocycles. The molecule has 3 N–H and O–H groups in total. The number of allylic oxidation sites excluding steroid dienone is 2. The predicted octanol–water partition coefficient (Wildman–Crippen LogP) is 2.10. The molecule has 2 nitrogen and oxygen atoms in total. The third kappa shape index (κ3) is 2.18. The molecular formula is C10H18N2. The average Bonchev–Trinajstić information content (AvgIpc) is 2.10. The van der Waals surface area contributed by atoms with Crippen LogP contribution in [0.15, 0.2) is 11.6 Å². The lowest BCUT2D eigenvalue weighted by atomic mass is 9.82. The minimum Gasteiger partial charge on any atom is -0.328 e. The van der Waals surface area contributed by atoms with Crippen LogP contribution in [0.3, 0.4) is 0 Å². The van der Waals surface area contributed by atoms with Crippen molar-refractivity contribution in [2.45, 2.75) is 38.6 Å². The topological polar surface area (TPSA) is 49.9 Å². The molecule has 2 heteroatoms. The molecule has 1 fully saturated rings. The van der Waals surface area contributed by atoms with Gasteiger partial charge in [0.25, 0.3) is 0 Å². The van der Waals surface area contributed by atoms with Gasteiger partial charge in [-0.05, 0) is 44.1 Å². The molecule has 0 heterocycles. The van der Waals surface area contributed by atoms with Gasteiger partial charge in [0.1, 0.15) is 0 Å². The molecule has 0 saturated heterocycles. The summed E-state index contributed by atoms with van der Waals surface area (Å²) in [5.41, 5.74) is 6.99. The SMILES string of the molecule is C/C=C(\C=N)C1CCC(N)CC1. The van der Waals surface area contributed by atoms with Gasteiger partial charge >= 0.3 is 0 Å². The van der Waals surface area contributed by atoms with Crippen molar-refractivity contribution < 1.29 is 0 Å². The van der Waals surface area contributed by atoms with E-state index in [4.69, 9.17) is 11.1 Å². The van der Waals surface area contributed by atoms with Crippen LogP contribution in [-0.4, -0.2) is 12.3 Å². The first-order valence-corrected chi connectivity index (χ1v) is 4.70. The first-order chi connectivity index (χ1) is 5.77. The van der Waals surface area contributed by atoms with Crippen molar-refractivity contribution in [1.29, 1.82) is 5.41 Å². The lowest BCUT2D eigenvalue weighted by Crippen LogP contribution is -2.27. The second-order valence-corrected chi connectivity index (χ2v) is 3.54. The number of nitrogens with one attached hydrogen (secondary N) is 1.